The van der Waals surface area contributed by atoms with Crippen molar-refractivity contribution in [2.75, 3.05) is 14.2 Å². The van der Waals surface area contributed by atoms with E-state index >= 15 is 0 Å². The summed E-state index contributed by atoms with van der Waals surface area (Å²) in [5.41, 5.74) is 5.44. The van der Waals surface area contributed by atoms with Crippen LogP contribution in [0.3, 0.4) is 0 Å². The molecule has 1 aliphatic rings. The first kappa shape index (κ1) is 16.4. The van der Waals surface area contributed by atoms with E-state index in [1.54, 1.807) is 6.54 Å². The van der Waals surface area contributed by atoms with Gasteiger partial charge >= 0.3 is 5.97 Å². The second kappa shape index (κ2) is 11.0. The third-order valence-electron chi connectivity index (χ3n) is 1.28. The van der Waals surface area contributed by atoms with Crippen LogP contribution < -0.4 is 10.9 Å². The molecular weight excluding hydrogens is 265 g/mol. The van der Waals surface area contributed by atoms with Gasteiger partial charge in [0.1, 0.15) is 0 Å². The molecule has 1 heterocycles. The Hall–Kier alpha value is -0.0361. The fourth-order valence-electron chi connectivity index (χ4n) is 0.693. The standard InChI is InChI=1S/C5H9N2O2.C2H3O2.Y/c1-9-5(8)4-2-3-6-7-4;1-4-2-3;/h3-4,6-7H,2H2,1H3;1H3;/q2*-1;. The van der Waals surface area contributed by atoms with Crippen molar-refractivity contribution in [1.82, 2.24) is 10.9 Å². The van der Waals surface area contributed by atoms with Crippen molar-refractivity contribution in [3.05, 3.63) is 6.54 Å². The SMILES string of the molecule is COC(=O)C1C[CH-]NN1.CO[C-]=O.[Y]. The Balaban J connectivity index is 0. The summed E-state index contributed by atoms with van der Waals surface area (Å²) in [5, 5.41) is 0. The van der Waals surface area contributed by atoms with Crippen LogP contribution in [0.1, 0.15) is 6.42 Å². The monoisotopic (exact) mass is 277 g/mol. The summed E-state index contributed by atoms with van der Waals surface area (Å²) in [5.74, 6) is -0.226. The molecule has 0 saturated carbocycles. The fraction of sp³-hybridized carbons (Fsp3) is 0.571. The largest absolute Gasteiger partial charge is 0.655 e. The van der Waals surface area contributed by atoms with Crippen molar-refractivity contribution in [1.29, 1.82) is 0 Å². The molecule has 14 heavy (non-hydrogen) atoms. The molecule has 1 unspecified atom stereocenters. The Labute approximate surface area is 108 Å². The van der Waals surface area contributed by atoms with E-state index in [1.807, 2.05) is 0 Å². The Bertz CT molecular complexity index is 162. The Morgan fingerprint density at radius 3 is 2.43 bits per heavy atom. The molecule has 1 saturated heterocycles. The van der Waals surface area contributed by atoms with E-state index in [2.05, 4.69) is 20.3 Å². The first-order valence-electron chi connectivity index (χ1n) is 3.57. The van der Waals surface area contributed by atoms with Gasteiger partial charge in [0.05, 0.1) is 13.2 Å². The summed E-state index contributed by atoms with van der Waals surface area (Å²) >= 11 is 0. The van der Waals surface area contributed by atoms with Gasteiger partial charge < -0.3 is 19.7 Å². The molecule has 0 aromatic heterocycles. The third-order valence-corrected chi connectivity index (χ3v) is 1.28. The Kier molecular flexibility index (Phi) is 12.9. The summed E-state index contributed by atoms with van der Waals surface area (Å²) < 4.78 is 8.21. The first-order valence-corrected chi connectivity index (χ1v) is 3.57. The number of hydrazine groups is 1. The smallest absolute Gasteiger partial charge is 0.321 e. The van der Waals surface area contributed by atoms with Crippen LogP contribution in [0.5, 0.6) is 0 Å². The second-order valence-corrected chi connectivity index (χ2v) is 2.09. The first-order chi connectivity index (χ1) is 6.26. The van der Waals surface area contributed by atoms with Gasteiger partial charge in [0.25, 0.3) is 0 Å². The van der Waals surface area contributed by atoms with Crippen LogP contribution in [0.25, 0.3) is 0 Å². The van der Waals surface area contributed by atoms with Gasteiger partial charge in [-0.05, 0) is 0 Å². The van der Waals surface area contributed by atoms with Gasteiger partial charge in [0, 0.05) is 39.8 Å². The molecule has 0 amide bonds. The topological polar surface area (TPSA) is 76.7 Å². The molecule has 6 nitrogen and oxygen atoms in total. The Morgan fingerprint density at radius 1 is 1.57 bits per heavy atom. The molecule has 0 bridgehead atoms. The predicted molar refractivity (Wildman–Crippen MR) is 43.7 cm³/mol. The van der Waals surface area contributed by atoms with Gasteiger partial charge in [-0.3, -0.25) is 16.8 Å². The molecule has 0 aromatic rings. The van der Waals surface area contributed by atoms with Crippen molar-refractivity contribution in [2.24, 2.45) is 0 Å². The quantitative estimate of drug-likeness (QED) is 0.492. The van der Waals surface area contributed by atoms with Crippen LogP contribution in [0.4, 0.5) is 0 Å². The van der Waals surface area contributed by atoms with Gasteiger partial charge in [-0.15, -0.1) is 6.42 Å². The van der Waals surface area contributed by atoms with E-state index in [4.69, 9.17) is 4.79 Å². The molecule has 79 valence electrons. The average Bonchev–Trinajstić information content (AvgIpc) is 2.70. The number of ether oxygens (including phenoxy) is 2. The molecule has 0 spiro atoms. The van der Waals surface area contributed by atoms with E-state index in [1.165, 1.54) is 20.7 Å². The Morgan fingerprint density at radius 2 is 2.14 bits per heavy atom. The van der Waals surface area contributed by atoms with Gasteiger partial charge in [0.2, 0.25) is 0 Å². The molecule has 1 aliphatic heterocycles. The van der Waals surface area contributed by atoms with Crippen LogP contribution in [-0.4, -0.2) is 32.7 Å². The number of hydrogen-bond donors (Lipinski definition) is 2. The molecular formula is C7H12N2O4Y-2. The molecule has 0 aliphatic carbocycles. The zero-order valence-electron chi connectivity index (χ0n) is 8.07. The van der Waals surface area contributed by atoms with Crippen molar-refractivity contribution < 1.29 is 51.8 Å². The number of methoxy groups -OCH3 is 2. The maximum absolute atomic E-state index is 10.7. The average molecular weight is 277 g/mol. The van der Waals surface area contributed by atoms with E-state index in [0.29, 0.717) is 6.42 Å². The van der Waals surface area contributed by atoms with Crippen LogP contribution in [0.15, 0.2) is 0 Å². The predicted octanol–water partition coefficient (Wildman–Crippen LogP) is -1.11. The minimum Gasteiger partial charge on any atom is -0.655 e. The minimum atomic E-state index is -0.226. The summed E-state index contributed by atoms with van der Waals surface area (Å²) in [6.07, 6.45) is 0.687. The number of carbonyl (C=O) groups excluding carboxylic acids is 2. The number of esters is 1. The normalized spacial score (nSPS) is 18.3. The zero-order chi connectivity index (χ0) is 10.1. The molecule has 1 radical (unpaired) electrons. The van der Waals surface area contributed by atoms with Gasteiger partial charge in [-0.25, -0.2) is 0 Å². The number of rotatable bonds is 2. The van der Waals surface area contributed by atoms with Crippen molar-refractivity contribution in [3.63, 3.8) is 0 Å². The molecule has 1 rings (SSSR count). The fourth-order valence-corrected chi connectivity index (χ4v) is 0.693. The summed E-state index contributed by atoms with van der Waals surface area (Å²) in [7, 11) is 2.63. The molecule has 0 aromatic carbocycles. The van der Waals surface area contributed by atoms with E-state index in [-0.39, 0.29) is 44.7 Å². The summed E-state index contributed by atoms with van der Waals surface area (Å²) in [6.45, 7) is 2.96. The number of hydrogen-bond acceptors (Lipinski definition) is 6. The number of carbonyl (C=O) groups is 1. The molecule has 7 heteroatoms. The molecule has 2 N–H and O–H groups in total. The van der Waals surface area contributed by atoms with Gasteiger partial charge in [-0.1, -0.05) is 6.47 Å². The number of nitrogens with one attached hydrogen (secondary N) is 2. The van der Waals surface area contributed by atoms with Crippen molar-refractivity contribution >= 4 is 12.4 Å². The van der Waals surface area contributed by atoms with Crippen LogP contribution in [0.2, 0.25) is 0 Å². The summed E-state index contributed by atoms with van der Waals surface area (Å²) in [6, 6.07) is -0.199. The van der Waals surface area contributed by atoms with Gasteiger partial charge in [0.15, 0.2) is 0 Å². The minimum absolute atomic E-state index is 0. The van der Waals surface area contributed by atoms with Crippen molar-refractivity contribution in [3.8, 4) is 0 Å². The van der Waals surface area contributed by atoms with E-state index in [9.17, 15) is 4.79 Å². The maximum atomic E-state index is 10.7. The molecule has 1 fully saturated rings. The van der Waals surface area contributed by atoms with Crippen LogP contribution in [0, 0.1) is 6.54 Å². The van der Waals surface area contributed by atoms with Crippen molar-refractivity contribution in [2.45, 2.75) is 12.5 Å². The molecule has 1 atom stereocenters. The van der Waals surface area contributed by atoms with E-state index < -0.39 is 0 Å². The van der Waals surface area contributed by atoms with Crippen LogP contribution >= 0.6 is 0 Å². The third kappa shape index (κ3) is 7.38. The van der Waals surface area contributed by atoms with Crippen LogP contribution in [-0.2, 0) is 51.8 Å². The summed E-state index contributed by atoms with van der Waals surface area (Å²) in [4.78, 5) is 19.5. The van der Waals surface area contributed by atoms with Gasteiger partial charge in [-0.2, -0.15) is 0 Å². The maximum Gasteiger partial charge on any atom is 0.321 e. The zero-order valence-corrected chi connectivity index (χ0v) is 10.9. The second-order valence-electron chi connectivity index (χ2n) is 2.09. The van der Waals surface area contributed by atoms with E-state index in [0.717, 1.165) is 0 Å².